The predicted octanol–water partition coefficient (Wildman–Crippen LogP) is 2.07. The number of benzene rings is 1. The molecule has 0 aliphatic rings. The molecule has 0 aliphatic carbocycles. The monoisotopic (exact) mass is 221 g/mol. The van der Waals surface area contributed by atoms with Gasteiger partial charge in [0.1, 0.15) is 11.9 Å². The third kappa shape index (κ3) is 3.02. The highest BCUT2D eigenvalue weighted by Gasteiger charge is 2.18. The number of carboxylic acid groups (broad SMARTS) is 1. The van der Waals surface area contributed by atoms with Gasteiger partial charge < -0.3 is 15.6 Å². The zero-order chi connectivity index (χ0) is 12.1. The highest BCUT2D eigenvalue weighted by Crippen LogP contribution is 2.18. The van der Waals surface area contributed by atoms with Gasteiger partial charge in [0, 0.05) is 5.69 Å². The largest absolute Gasteiger partial charge is 0.485 e. The van der Waals surface area contributed by atoms with E-state index in [1.165, 1.54) is 0 Å². The fourth-order valence-corrected chi connectivity index (χ4v) is 1.25. The van der Waals surface area contributed by atoms with Gasteiger partial charge in [0.2, 0.25) is 0 Å². The van der Waals surface area contributed by atoms with Gasteiger partial charge in [-0.15, -0.1) is 0 Å². The van der Waals surface area contributed by atoms with Gasteiger partial charge in [0.05, 0.1) is 5.57 Å². The zero-order valence-electron chi connectivity index (χ0n) is 9.14. The van der Waals surface area contributed by atoms with Crippen LogP contribution in [0.5, 0.6) is 5.75 Å². The number of hydrogen-bond acceptors (Lipinski definition) is 3. The lowest BCUT2D eigenvalue weighted by molar-refractivity contribution is -0.133. The molecule has 1 aromatic carbocycles. The Morgan fingerprint density at radius 1 is 1.50 bits per heavy atom. The Balaban J connectivity index is 2.74. The highest BCUT2D eigenvalue weighted by molar-refractivity contribution is 5.87. The van der Waals surface area contributed by atoms with E-state index in [-0.39, 0.29) is 5.57 Å². The van der Waals surface area contributed by atoms with Crippen molar-refractivity contribution in [2.24, 2.45) is 0 Å². The van der Waals surface area contributed by atoms with Crippen LogP contribution < -0.4 is 10.5 Å². The minimum absolute atomic E-state index is 0.0549. The van der Waals surface area contributed by atoms with Crippen LogP contribution in [-0.4, -0.2) is 17.2 Å². The molecule has 0 aromatic heterocycles. The van der Waals surface area contributed by atoms with Gasteiger partial charge in [-0.1, -0.05) is 13.5 Å². The zero-order valence-corrected chi connectivity index (χ0v) is 9.14. The number of ether oxygens (including phenoxy) is 1. The number of anilines is 1. The fourth-order valence-electron chi connectivity index (χ4n) is 1.25. The molecule has 0 saturated carbocycles. The van der Waals surface area contributed by atoms with E-state index in [2.05, 4.69) is 6.58 Å². The van der Waals surface area contributed by atoms with Crippen molar-refractivity contribution in [1.29, 1.82) is 0 Å². The maximum atomic E-state index is 10.7. The smallest absolute Gasteiger partial charge is 0.334 e. The van der Waals surface area contributed by atoms with E-state index in [1.54, 1.807) is 24.3 Å². The topological polar surface area (TPSA) is 72.5 Å². The van der Waals surface area contributed by atoms with Crippen LogP contribution in [0.4, 0.5) is 5.69 Å². The predicted molar refractivity (Wildman–Crippen MR) is 62.3 cm³/mol. The molecule has 0 aliphatic heterocycles. The SMILES string of the molecule is C=C(C(=O)O)C(CC)Oc1ccc(N)cc1. The second kappa shape index (κ2) is 5.21. The van der Waals surface area contributed by atoms with Crippen LogP contribution in [0.15, 0.2) is 36.4 Å². The Hall–Kier alpha value is -1.97. The number of hydrogen-bond donors (Lipinski definition) is 2. The molecule has 4 nitrogen and oxygen atoms in total. The van der Waals surface area contributed by atoms with Crippen LogP contribution in [0.1, 0.15) is 13.3 Å². The van der Waals surface area contributed by atoms with Crippen LogP contribution >= 0.6 is 0 Å². The summed E-state index contributed by atoms with van der Waals surface area (Å²) < 4.78 is 5.51. The summed E-state index contributed by atoms with van der Waals surface area (Å²) in [5, 5.41) is 8.81. The van der Waals surface area contributed by atoms with Crippen LogP contribution in [-0.2, 0) is 4.79 Å². The molecule has 86 valence electrons. The number of nitrogen functional groups attached to an aromatic ring is 1. The second-order valence-corrected chi connectivity index (χ2v) is 3.41. The van der Waals surface area contributed by atoms with Crippen molar-refractivity contribution in [1.82, 2.24) is 0 Å². The number of carboxylic acids is 1. The molecule has 0 spiro atoms. The Morgan fingerprint density at radius 3 is 2.50 bits per heavy atom. The number of nitrogens with two attached hydrogens (primary N) is 1. The maximum absolute atomic E-state index is 10.7. The first-order valence-electron chi connectivity index (χ1n) is 4.99. The summed E-state index contributed by atoms with van der Waals surface area (Å²) in [6.07, 6.45) is 0.0383. The van der Waals surface area contributed by atoms with E-state index in [4.69, 9.17) is 15.6 Å². The third-order valence-corrected chi connectivity index (χ3v) is 2.19. The van der Waals surface area contributed by atoms with Crippen molar-refractivity contribution in [3.8, 4) is 5.75 Å². The lowest BCUT2D eigenvalue weighted by atomic mass is 10.1. The summed E-state index contributed by atoms with van der Waals surface area (Å²) >= 11 is 0. The van der Waals surface area contributed by atoms with Crippen LogP contribution in [0.2, 0.25) is 0 Å². The van der Waals surface area contributed by atoms with Gasteiger partial charge in [-0.25, -0.2) is 4.79 Å². The van der Waals surface area contributed by atoms with Gasteiger partial charge in [-0.05, 0) is 30.7 Å². The molecule has 0 heterocycles. The number of carbonyl (C=O) groups is 1. The van der Waals surface area contributed by atoms with Gasteiger partial charge in [0.25, 0.3) is 0 Å². The van der Waals surface area contributed by atoms with E-state index < -0.39 is 12.1 Å². The molecule has 1 rings (SSSR count). The first kappa shape index (κ1) is 12.1. The molecular formula is C12H15NO3. The molecule has 1 aromatic rings. The molecule has 0 radical (unpaired) electrons. The lowest BCUT2D eigenvalue weighted by Gasteiger charge is -2.17. The molecule has 0 bridgehead atoms. The molecular weight excluding hydrogens is 206 g/mol. The summed E-state index contributed by atoms with van der Waals surface area (Å²) in [5.74, 6) is -0.453. The van der Waals surface area contributed by atoms with Crippen molar-refractivity contribution in [2.45, 2.75) is 19.4 Å². The molecule has 3 N–H and O–H groups in total. The average Bonchev–Trinajstić information content (AvgIpc) is 2.27. The first-order chi connectivity index (χ1) is 7.54. The molecule has 1 atom stereocenters. The van der Waals surface area contributed by atoms with Gasteiger partial charge in [-0.2, -0.15) is 0 Å². The third-order valence-electron chi connectivity index (χ3n) is 2.19. The Kier molecular flexibility index (Phi) is 3.94. The Labute approximate surface area is 94.3 Å². The minimum atomic E-state index is -1.04. The number of rotatable bonds is 5. The van der Waals surface area contributed by atoms with Crippen molar-refractivity contribution in [3.63, 3.8) is 0 Å². The molecule has 1 unspecified atom stereocenters. The first-order valence-corrected chi connectivity index (χ1v) is 4.99. The molecule has 0 saturated heterocycles. The van der Waals surface area contributed by atoms with Gasteiger partial charge in [0.15, 0.2) is 0 Å². The molecule has 16 heavy (non-hydrogen) atoms. The highest BCUT2D eigenvalue weighted by atomic mass is 16.5. The van der Waals surface area contributed by atoms with E-state index >= 15 is 0 Å². The lowest BCUT2D eigenvalue weighted by Crippen LogP contribution is -2.22. The summed E-state index contributed by atoms with van der Waals surface area (Å²) in [5.41, 5.74) is 6.22. The fraction of sp³-hybridized carbons (Fsp3) is 0.250. The van der Waals surface area contributed by atoms with E-state index in [0.29, 0.717) is 17.9 Å². The quantitative estimate of drug-likeness (QED) is 0.589. The summed E-state index contributed by atoms with van der Waals surface area (Å²) in [6, 6.07) is 6.80. The van der Waals surface area contributed by atoms with Crippen molar-refractivity contribution < 1.29 is 14.6 Å². The molecule has 0 fully saturated rings. The van der Waals surface area contributed by atoms with Gasteiger partial charge >= 0.3 is 5.97 Å². The van der Waals surface area contributed by atoms with Crippen LogP contribution in [0.25, 0.3) is 0 Å². The van der Waals surface area contributed by atoms with Gasteiger partial charge in [-0.3, -0.25) is 0 Å². The maximum Gasteiger partial charge on any atom is 0.334 e. The standard InChI is InChI=1S/C12H15NO3/c1-3-11(8(2)12(14)15)16-10-6-4-9(13)5-7-10/h4-7,11H,2-3,13H2,1H3,(H,14,15). The summed E-state index contributed by atoms with van der Waals surface area (Å²) in [6.45, 7) is 5.33. The van der Waals surface area contributed by atoms with Crippen LogP contribution in [0.3, 0.4) is 0 Å². The molecule has 0 amide bonds. The summed E-state index contributed by atoms with van der Waals surface area (Å²) in [7, 11) is 0. The minimum Gasteiger partial charge on any atom is -0.485 e. The van der Waals surface area contributed by atoms with Crippen molar-refractivity contribution >= 4 is 11.7 Å². The van der Waals surface area contributed by atoms with Crippen molar-refractivity contribution in [3.05, 3.63) is 36.4 Å². The Bertz CT molecular complexity index is 384. The van der Waals surface area contributed by atoms with E-state index in [9.17, 15) is 4.79 Å². The Morgan fingerprint density at radius 2 is 2.06 bits per heavy atom. The van der Waals surface area contributed by atoms with E-state index in [1.807, 2.05) is 6.92 Å². The van der Waals surface area contributed by atoms with Crippen LogP contribution in [0, 0.1) is 0 Å². The van der Waals surface area contributed by atoms with Crippen molar-refractivity contribution in [2.75, 3.05) is 5.73 Å². The summed E-state index contributed by atoms with van der Waals surface area (Å²) in [4.78, 5) is 10.7. The second-order valence-electron chi connectivity index (χ2n) is 3.41. The van der Waals surface area contributed by atoms with E-state index in [0.717, 1.165) is 0 Å². The average molecular weight is 221 g/mol. The molecule has 4 heteroatoms. The normalized spacial score (nSPS) is 11.8. The number of aliphatic carboxylic acids is 1.